The number of rotatable bonds is 7. The Balaban J connectivity index is 3.35. The highest BCUT2D eigenvalue weighted by Gasteiger charge is 2.03. The van der Waals surface area contributed by atoms with Gasteiger partial charge in [-0.3, -0.25) is 0 Å². The Morgan fingerprint density at radius 2 is 2.17 bits per heavy atom. The van der Waals surface area contributed by atoms with E-state index < -0.39 is 0 Å². The summed E-state index contributed by atoms with van der Waals surface area (Å²) in [6.07, 6.45) is 9.69. The molecule has 0 N–H and O–H groups in total. The summed E-state index contributed by atoms with van der Waals surface area (Å²) in [5, 5.41) is 0. The second-order valence-corrected chi connectivity index (χ2v) is 2.72. The van der Waals surface area contributed by atoms with E-state index in [2.05, 4.69) is 12.8 Å². The molecule has 0 spiro atoms. The predicted molar refractivity (Wildman–Crippen MR) is 49.7 cm³/mol. The Morgan fingerprint density at radius 1 is 1.42 bits per heavy atom. The lowest BCUT2D eigenvalue weighted by Gasteiger charge is -2.10. The van der Waals surface area contributed by atoms with Crippen LogP contribution in [-0.2, 0) is 9.47 Å². The first kappa shape index (κ1) is 11.5. The summed E-state index contributed by atoms with van der Waals surface area (Å²) >= 11 is 0. The van der Waals surface area contributed by atoms with Gasteiger partial charge in [-0.05, 0) is 12.8 Å². The summed E-state index contributed by atoms with van der Waals surface area (Å²) in [5.41, 5.74) is 0. The van der Waals surface area contributed by atoms with Crippen LogP contribution in [0.15, 0.2) is 0 Å². The van der Waals surface area contributed by atoms with Gasteiger partial charge in [0, 0.05) is 7.11 Å². The topological polar surface area (TPSA) is 18.5 Å². The van der Waals surface area contributed by atoms with Gasteiger partial charge < -0.3 is 9.47 Å². The Labute approximate surface area is 75.3 Å². The number of ether oxygens (including phenoxy) is 2. The van der Waals surface area contributed by atoms with Gasteiger partial charge in [0.15, 0.2) is 0 Å². The highest BCUT2D eigenvalue weighted by atomic mass is 16.7. The fourth-order valence-corrected chi connectivity index (χ4v) is 0.945. The molecule has 0 saturated heterocycles. The van der Waals surface area contributed by atoms with E-state index >= 15 is 0 Å². The van der Waals surface area contributed by atoms with Crippen molar-refractivity contribution >= 4 is 0 Å². The molecule has 0 fully saturated rings. The Bertz CT molecular complexity index is 126. The highest BCUT2D eigenvalue weighted by molar-refractivity contribution is 4.94. The minimum Gasteiger partial charge on any atom is -0.359 e. The summed E-state index contributed by atoms with van der Waals surface area (Å²) in [6.45, 7) is 2.46. The molecule has 0 aromatic carbocycles. The van der Waals surface area contributed by atoms with E-state index in [0.717, 1.165) is 12.8 Å². The van der Waals surface area contributed by atoms with E-state index in [4.69, 9.17) is 15.9 Å². The van der Waals surface area contributed by atoms with Crippen molar-refractivity contribution in [3.05, 3.63) is 0 Å². The molecule has 1 unspecified atom stereocenters. The molecule has 2 heteroatoms. The molecule has 12 heavy (non-hydrogen) atoms. The molecule has 0 aromatic heterocycles. The van der Waals surface area contributed by atoms with E-state index in [9.17, 15) is 0 Å². The minimum atomic E-state index is -0.0727. The van der Waals surface area contributed by atoms with E-state index in [1.165, 1.54) is 12.8 Å². The minimum absolute atomic E-state index is 0.0727. The Morgan fingerprint density at radius 3 is 2.67 bits per heavy atom. The third-order valence-electron chi connectivity index (χ3n) is 1.64. The quantitative estimate of drug-likeness (QED) is 0.331. The van der Waals surface area contributed by atoms with Gasteiger partial charge in [0.1, 0.15) is 12.9 Å². The zero-order valence-corrected chi connectivity index (χ0v) is 8.01. The number of unbranched alkanes of at least 4 members (excludes halogenated alkanes) is 2. The normalized spacial score (nSPS) is 12.4. The second-order valence-electron chi connectivity index (χ2n) is 2.72. The van der Waals surface area contributed by atoms with Crippen molar-refractivity contribution in [1.29, 1.82) is 0 Å². The van der Waals surface area contributed by atoms with E-state index in [1.807, 2.05) is 0 Å². The number of hydrogen-bond donors (Lipinski definition) is 0. The predicted octanol–water partition coefficient (Wildman–Crippen LogP) is 2.19. The van der Waals surface area contributed by atoms with Gasteiger partial charge in [0.2, 0.25) is 0 Å². The van der Waals surface area contributed by atoms with Gasteiger partial charge in [-0.15, -0.1) is 6.42 Å². The number of terminal acetylenes is 1. The molecule has 0 aliphatic rings. The molecule has 70 valence electrons. The molecule has 1 atom stereocenters. The van der Waals surface area contributed by atoms with Crippen molar-refractivity contribution < 1.29 is 9.47 Å². The van der Waals surface area contributed by atoms with Crippen LogP contribution in [0.5, 0.6) is 0 Å². The van der Waals surface area contributed by atoms with Crippen LogP contribution in [0, 0.1) is 12.3 Å². The van der Waals surface area contributed by atoms with Crippen LogP contribution in [0.1, 0.15) is 32.6 Å². The first-order chi connectivity index (χ1) is 5.85. The molecule has 0 aliphatic heterocycles. The molecule has 0 saturated carbocycles. The fourth-order valence-electron chi connectivity index (χ4n) is 0.945. The summed E-state index contributed by atoms with van der Waals surface area (Å²) in [5.74, 6) is 2.59. The van der Waals surface area contributed by atoms with Crippen LogP contribution in [0.25, 0.3) is 0 Å². The fraction of sp³-hybridized carbons (Fsp3) is 0.800. The monoisotopic (exact) mass is 170 g/mol. The maximum atomic E-state index is 5.27. The molecule has 0 heterocycles. The molecule has 2 nitrogen and oxygen atoms in total. The first-order valence-electron chi connectivity index (χ1n) is 4.41. The molecule has 0 aliphatic carbocycles. The van der Waals surface area contributed by atoms with Crippen molar-refractivity contribution in [2.24, 2.45) is 0 Å². The smallest absolute Gasteiger partial charge is 0.148 e. The van der Waals surface area contributed by atoms with Gasteiger partial charge in [-0.1, -0.05) is 25.7 Å². The van der Waals surface area contributed by atoms with Gasteiger partial charge >= 0.3 is 0 Å². The summed E-state index contributed by atoms with van der Waals surface area (Å²) < 4.78 is 9.99. The van der Waals surface area contributed by atoms with Crippen LogP contribution in [-0.4, -0.2) is 20.0 Å². The van der Waals surface area contributed by atoms with Crippen molar-refractivity contribution in [2.45, 2.75) is 38.7 Å². The van der Waals surface area contributed by atoms with Crippen LogP contribution in [0.2, 0.25) is 0 Å². The molecule has 0 amide bonds. The van der Waals surface area contributed by atoms with Crippen molar-refractivity contribution in [3.63, 3.8) is 0 Å². The zero-order chi connectivity index (χ0) is 9.23. The van der Waals surface area contributed by atoms with Gasteiger partial charge in [0.05, 0.1) is 0 Å². The van der Waals surface area contributed by atoms with Gasteiger partial charge in [0.25, 0.3) is 0 Å². The lowest BCUT2D eigenvalue weighted by atomic mass is 10.1. The average Bonchev–Trinajstić information content (AvgIpc) is 2.11. The number of methoxy groups -OCH3 is 1. The molecular weight excluding hydrogens is 152 g/mol. The second kappa shape index (κ2) is 8.58. The zero-order valence-electron chi connectivity index (χ0n) is 8.01. The maximum Gasteiger partial charge on any atom is 0.148 e. The first-order valence-corrected chi connectivity index (χ1v) is 4.41. The highest BCUT2D eigenvalue weighted by Crippen LogP contribution is 2.05. The van der Waals surface area contributed by atoms with Crippen LogP contribution in [0.4, 0.5) is 0 Å². The van der Waals surface area contributed by atoms with Gasteiger partial charge in [-0.2, -0.15) is 0 Å². The summed E-state index contributed by atoms with van der Waals surface area (Å²) in [7, 11) is 1.60. The van der Waals surface area contributed by atoms with E-state index in [0.29, 0.717) is 6.79 Å². The third kappa shape index (κ3) is 6.21. The largest absolute Gasteiger partial charge is 0.359 e. The standard InChI is InChI=1S/C10H18O2/c1-4-6-7-8-10(5-2)12-9-11-3/h2,10H,4,6-9H2,1,3H3. The van der Waals surface area contributed by atoms with Crippen LogP contribution in [0.3, 0.4) is 0 Å². The van der Waals surface area contributed by atoms with Crippen LogP contribution >= 0.6 is 0 Å². The Hall–Kier alpha value is -0.520. The van der Waals surface area contributed by atoms with Crippen LogP contribution < -0.4 is 0 Å². The maximum absolute atomic E-state index is 5.27. The molecule has 0 rings (SSSR count). The number of hydrogen-bond acceptors (Lipinski definition) is 2. The SMILES string of the molecule is C#CC(CCCCC)OCOC. The average molecular weight is 170 g/mol. The van der Waals surface area contributed by atoms with E-state index in [1.54, 1.807) is 7.11 Å². The van der Waals surface area contributed by atoms with Gasteiger partial charge in [-0.25, -0.2) is 0 Å². The van der Waals surface area contributed by atoms with Crippen molar-refractivity contribution in [2.75, 3.05) is 13.9 Å². The van der Waals surface area contributed by atoms with E-state index in [-0.39, 0.29) is 6.10 Å². The summed E-state index contributed by atoms with van der Waals surface area (Å²) in [6, 6.07) is 0. The molecular formula is C10H18O2. The Kier molecular flexibility index (Phi) is 8.20. The molecule has 0 aromatic rings. The lowest BCUT2D eigenvalue weighted by molar-refractivity contribution is -0.0547. The summed E-state index contributed by atoms with van der Waals surface area (Å²) in [4.78, 5) is 0. The van der Waals surface area contributed by atoms with Crippen molar-refractivity contribution in [1.82, 2.24) is 0 Å². The molecule has 0 radical (unpaired) electrons. The molecule has 0 bridgehead atoms. The third-order valence-corrected chi connectivity index (χ3v) is 1.64. The lowest BCUT2D eigenvalue weighted by Crippen LogP contribution is -2.11. The van der Waals surface area contributed by atoms with Crippen molar-refractivity contribution in [3.8, 4) is 12.3 Å².